The van der Waals surface area contributed by atoms with Crippen LogP contribution in [0, 0.1) is 0 Å². The van der Waals surface area contributed by atoms with Crippen LogP contribution in [-0.4, -0.2) is 31.4 Å². The average Bonchev–Trinajstić information content (AvgIpc) is 2.69. The van der Waals surface area contributed by atoms with Crippen molar-refractivity contribution in [2.75, 3.05) is 6.54 Å². The van der Waals surface area contributed by atoms with E-state index in [4.69, 9.17) is 0 Å². The van der Waals surface area contributed by atoms with Gasteiger partial charge in [-0.05, 0) is 45.0 Å². The van der Waals surface area contributed by atoms with E-state index in [0.29, 0.717) is 12.5 Å². The van der Waals surface area contributed by atoms with Gasteiger partial charge in [-0.15, -0.1) is 0 Å². The SMILES string of the molecule is C=C1CN=C(NS(=O)(=O)c2ccc(Br)cc2)N1C(C)(C)C. The number of aliphatic imine (C=N–C) groups is 1. The van der Waals surface area contributed by atoms with Gasteiger partial charge in [0.05, 0.1) is 11.4 Å². The van der Waals surface area contributed by atoms with Crippen molar-refractivity contribution < 1.29 is 8.42 Å². The second kappa shape index (κ2) is 5.46. The number of hydrogen-bond acceptors (Lipinski definition) is 4. The maximum absolute atomic E-state index is 12.4. The van der Waals surface area contributed by atoms with Gasteiger partial charge in [0.25, 0.3) is 10.0 Å². The van der Waals surface area contributed by atoms with Crippen LogP contribution >= 0.6 is 15.9 Å². The number of hydrogen-bond donors (Lipinski definition) is 1. The first-order chi connectivity index (χ1) is 9.61. The molecule has 2 rings (SSSR count). The summed E-state index contributed by atoms with van der Waals surface area (Å²) in [6.45, 7) is 10.3. The third-order valence-corrected chi connectivity index (χ3v) is 4.83. The molecule has 1 aliphatic heterocycles. The first-order valence-electron chi connectivity index (χ1n) is 6.42. The van der Waals surface area contributed by atoms with Crippen LogP contribution in [-0.2, 0) is 10.0 Å². The van der Waals surface area contributed by atoms with Crippen molar-refractivity contribution in [2.24, 2.45) is 4.99 Å². The molecule has 0 bridgehead atoms. The van der Waals surface area contributed by atoms with Crippen molar-refractivity contribution in [1.29, 1.82) is 0 Å². The number of nitrogens with zero attached hydrogens (tertiary/aromatic N) is 2. The molecule has 0 spiro atoms. The van der Waals surface area contributed by atoms with Crippen LogP contribution < -0.4 is 4.72 Å². The Bertz CT molecular complexity index is 688. The van der Waals surface area contributed by atoms with Gasteiger partial charge in [0.1, 0.15) is 0 Å². The molecule has 1 heterocycles. The number of guanidine groups is 1. The lowest BCUT2D eigenvalue weighted by atomic mass is 10.1. The minimum atomic E-state index is -3.66. The van der Waals surface area contributed by atoms with Crippen molar-refractivity contribution in [3.8, 4) is 0 Å². The van der Waals surface area contributed by atoms with Gasteiger partial charge < -0.3 is 4.90 Å². The number of sulfonamides is 1. The van der Waals surface area contributed by atoms with Gasteiger partial charge in [-0.2, -0.15) is 0 Å². The molecule has 0 fully saturated rings. The van der Waals surface area contributed by atoms with Gasteiger partial charge in [-0.25, -0.2) is 18.1 Å². The highest BCUT2D eigenvalue weighted by Gasteiger charge is 2.33. The lowest BCUT2D eigenvalue weighted by Gasteiger charge is -2.35. The van der Waals surface area contributed by atoms with E-state index in [0.717, 1.165) is 10.2 Å². The predicted octanol–water partition coefficient (Wildman–Crippen LogP) is 2.71. The minimum Gasteiger partial charge on any atom is -0.309 e. The molecule has 114 valence electrons. The van der Waals surface area contributed by atoms with Crippen molar-refractivity contribution in [1.82, 2.24) is 9.62 Å². The Labute approximate surface area is 133 Å². The molecule has 1 aliphatic rings. The van der Waals surface area contributed by atoms with Gasteiger partial charge in [0, 0.05) is 15.7 Å². The van der Waals surface area contributed by atoms with Crippen LogP contribution in [0.3, 0.4) is 0 Å². The fourth-order valence-corrected chi connectivity index (χ4v) is 3.39. The van der Waals surface area contributed by atoms with E-state index in [9.17, 15) is 8.42 Å². The van der Waals surface area contributed by atoms with Gasteiger partial charge in [0.15, 0.2) is 0 Å². The Balaban J connectivity index is 2.28. The maximum atomic E-state index is 12.4. The zero-order valence-corrected chi connectivity index (χ0v) is 14.6. The first kappa shape index (κ1) is 16.0. The molecule has 0 radical (unpaired) electrons. The zero-order valence-electron chi connectivity index (χ0n) is 12.2. The van der Waals surface area contributed by atoms with E-state index in [1.165, 1.54) is 12.1 Å². The van der Waals surface area contributed by atoms with Gasteiger partial charge in [-0.1, -0.05) is 22.5 Å². The van der Waals surface area contributed by atoms with Crippen LogP contribution in [0.15, 0.2) is 50.9 Å². The van der Waals surface area contributed by atoms with E-state index in [-0.39, 0.29) is 10.4 Å². The van der Waals surface area contributed by atoms with Gasteiger partial charge in [-0.3, -0.25) is 0 Å². The Morgan fingerprint density at radius 2 is 1.86 bits per heavy atom. The van der Waals surface area contributed by atoms with E-state index in [1.807, 2.05) is 25.7 Å². The summed E-state index contributed by atoms with van der Waals surface area (Å²) in [5, 5.41) is 0. The molecule has 0 aromatic heterocycles. The molecule has 0 aliphatic carbocycles. The Morgan fingerprint density at radius 3 is 2.38 bits per heavy atom. The summed E-state index contributed by atoms with van der Waals surface area (Å²) >= 11 is 3.29. The highest BCUT2D eigenvalue weighted by atomic mass is 79.9. The summed E-state index contributed by atoms with van der Waals surface area (Å²) in [6.07, 6.45) is 0. The topological polar surface area (TPSA) is 61.8 Å². The van der Waals surface area contributed by atoms with E-state index in [2.05, 4.69) is 32.2 Å². The van der Waals surface area contributed by atoms with Crippen LogP contribution in [0.5, 0.6) is 0 Å². The lowest BCUT2D eigenvalue weighted by Crippen LogP contribution is -2.49. The van der Waals surface area contributed by atoms with E-state index in [1.54, 1.807) is 12.1 Å². The Kier molecular flexibility index (Phi) is 4.17. The molecule has 21 heavy (non-hydrogen) atoms. The largest absolute Gasteiger partial charge is 0.309 e. The summed E-state index contributed by atoms with van der Waals surface area (Å²) in [4.78, 5) is 6.24. The summed E-state index contributed by atoms with van der Waals surface area (Å²) in [5.41, 5.74) is 0.477. The average molecular weight is 372 g/mol. The maximum Gasteiger partial charge on any atom is 0.264 e. The molecule has 0 saturated heterocycles. The predicted molar refractivity (Wildman–Crippen MR) is 87.5 cm³/mol. The third kappa shape index (κ3) is 3.47. The standard InChI is InChI=1S/C14H18BrN3O2S/c1-10-9-16-13(18(10)14(2,3)4)17-21(19,20)12-7-5-11(15)6-8-12/h5-8H,1,9H2,2-4H3,(H,16,17). The Morgan fingerprint density at radius 1 is 1.29 bits per heavy atom. The zero-order chi connectivity index (χ0) is 15.8. The molecule has 0 unspecified atom stereocenters. The summed E-state index contributed by atoms with van der Waals surface area (Å²) in [6, 6.07) is 6.45. The second-order valence-electron chi connectivity index (χ2n) is 5.77. The third-order valence-electron chi connectivity index (χ3n) is 2.96. The summed E-state index contributed by atoms with van der Waals surface area (Å²) in [7, 11) is -3.66. The molecule has 1 aromatic carbocycles. The fourth-order valence-electron chi connectivity index (χ4n) is 2.12. The molecular weight excluding hydrogens is 354 g/mol. The fraction of sp³-hybridized carbons (Fsp3) is 0.357. The van der Waals surface area contributed by atoms with E-state index < -0.39 is 10.0 Å². The van der Waals surface area contributed by atoms with Gasteiger partial charge >= 0.3 is 0 Å². The van der Waals surface area contributed by atoms with Crippen molar-refractivity contribution in [3.05, 3.63) is 41.0 Å². The quantitative estimate of drug-likeness (QED) is 0.869. The molecule has 7 heteroatoms. The molecule has 0 amide bonds. The highest BCUT2D eigenvalue weighted by Crippen LogP contribution is 2.24. The summed E-state index contributed by atoms with van der Waals surface area (Å²) < 4.78 is 28.2. The van der Waals surface area contributed by atoms with Crippen LogP contribution in [0.1, 0.15) is 20.8 Å². The molecule has 0 atom stereocenters. The lowest BCUT2D eigenvalue weighted by molar-refractivity contribution is 0.295. The molecule has 1 aromatic rings. The van der Waals surface area contributed by atoms with Crippen molar-refractivity contribution in [3.63, 3.8) is 0 Å². The smallest absolute Gasteiger partial charge is 0.264 e. The molecule has 1 N–H and O–H groups in total. The minimum absolute atomic E-state index is 0.194. The number of rotatable bonds is 2. The van der Waals surface area contributed by atoms with Crippen LogP contribution in [0.25, 0.3) is 0 Å². The summed E-state index contributed by atoms with van der Waals surface area (Å²) in [5.74, 6) is 0.315. The van der Waals surface area contributed by atoms with Crippen molar-refractivity contribution >= 4 is 31.9 Å². The molecular formula is C14H18BrN3O2S. The monoisotopic (exact) mass is 371 g/mol. The Hall–Kier alpha value is -1.34. The normalized spacial score (nSPS) is 16.1. The number of benzene rings is 1. The number of nitrogens with one attached hydrogen (secondary N) is 1. The molecule has 0 saturated carbocycles. The van der Waals surface area contributed by atoms with E-state index >= 15 is 0 Å². The number of halogens is 1. The van der Waals surface area contributed by atoms with Crippen molar-refractivity contribution in [2.45, 2.75) is 31.2 Å². The first-order valence-corrected chi connectivity index (χ1v) is 8.70. The second-order valence-corrected chi connectivity index (χ2v) is 8.37. The van der Waals surface area contributed by atoms with Crippen LogP contribution in [0.2, 0.25) is 0 Å². The van der Waals surface area contributed by atoms with Crippen LogP contribution in [0.4, 0.5) is 0 Å². The molecule has 5 nitrogen and oxygen atoms in total. The van der Waals surface area contributed by atoms with Gasteiger partial charge in [0.2, 0.25) is 5.96 Å². The highest BCUT2D eigenvalue weighted by molar-refractivity contribution is 9.10.